The van der Waals surface area contributed by atoms with Gasteiger partial charge in [-0.15, -0.1) is 0 Å². The first kappa shape index (κ1) is 11.9. The van der Waals surface area contributed by atoms with Crippen LogP contribution in [0.4, 0.5) is 4.39 Å². The third-order valence-electron chi connectivity index (χ3n) is 3.22. The van der Waals surface area contributed by atoms with Crippen LogP contribution in [0.2, 0.25) is 5.02 Å². The molecule has 3 heteroatoms. The average Bonchev–Trinajstić information content (AvgIpc) is 2.24. The van der Waals surface area contributed by atoms with Crippen molar-refractivity contribution in [3.63, 3.8) is 0 Å². The summed E-state index contributed by atoms with van der Waals surface area (Å²) in [6, 6.07) is 5.51. The van der Waals surface area contributed by atoms with Crippen molar-refractivity contribution in [3.05, 3.63) is 34.6 Å². The summed E-state index contributed by atoms with van der Waals surface area (Å²) < 4.78 is 13.0. The summed E-state index contributed by atoms with van der Waals surface area (Å²) in [6.07, 6.45) is 3.38. The van der Waals surface area contributed by atoms with Gasteiger partial charge in [-0.3, -0.25) is 0 Å². The lowest BCUT2D eigenvalue weighted by Crippen LogP contribution is -2.38. The lowest BCUT2D eigenvalue weighted by Gasteiger charge is -2.28. The minimum atomic E-state index is -0.338. The van der Waals surface area contributed by atoms with Gasteiger partial charge in [0.1, 0.15) is 5.82 Å². The largest absolute Gasteiger partial charge is 0.314 e. The van der Waals surface area contributed by atoms with E-state index >= 15 is 0 Å². The van der Waals surface area contributed by atoms with E-state index in [0.29, 0.717) is 6.04 Å². The van der Waals surface area contributed by atoms with Gasteiger partial charge in [0.25, 0.3) is 0 Å². The zero-order valence-corrected chi connectivity index (χ0v) is 10.2. The van der Waals surface area contributed by atoms with Crippen LogP contribution in [0.3, 0.4) is 0 Å². The average molecular weight is 242 g/mol. The Morgan fingerprint density at radius 3 is 3.00 bits per heavy atom. The molecule has 0 radical (unpaired) electrons. The zero-order chi connectivity index (χ0) is 11.5. The summed E-state index contributed by atoms with van der Waals surface area (Å²) in [5.41, 5.74) is 1.11. The number of piperidine rings is 1. The molecule has 1 nitrogen and oxygen atoms in total. The van der Waals surface area contributed by atoms with Gasteiger partial charge in [-0.2, -0.15) is 0 Å². The van der Waals surface area contributed by atoms with Crippen LogP contribution in [-0.2, 0) is 6.42 Å². The Labute approximate surface area is 101 Å². The molecule has 0 amide bonds. The van der Waals surface area contributed by atoms with E-state index in [1.54, 1.807) is 6.07 Å². The molecular formula is C13H17ClFN. The fourth-order valence-corrected chi connectivity index (χ4v) is 2.53. The highest BCUT2D eigenvalue weighted by molar-refractivity contribution is 6.30. The van der Waals surface area contributed by atoms with Crippen molar-refractivity contribution in [1.29, 1.82) is 0 Å². The number of hydrogen-bond donors (Lipinski definition) is 1. The molecule has 16 heavy (non-hydrogen) atoms. The third-order valence-corrected chi connectivity index (χ3v) is 3.51. The molecule has 1 aromatic carbocycles. The predicted molar refractivity (Wildman–Crippen MR) is 65.3 cm³/mol. The van der Waals surface area contributed by atoms with Gasteiger partial charge in [0, 0.05) is 6.04 Å². The van der Waals surface area contributed by atoms with E-state index in [4.69, 9.17) is 11.6 Å². The molecule has 0 saturated carbocycles. The first-order chi connectivity index (χ1) is 7.65. The van der Waals surface area contributed by atoms with Gasteiger partial charge in [0.15, 0.2) is 0 Å². The van der Waals surface area contributed by atoms with E-state index < -0.39 is 0 Å². The van der Waals surface area contributed by atoms with Gasteiger partial charge in [0.05, 0.1) is 5.02 Å². The molecule has 0 bridgehead atoms. The maximum Gasteiger partial charge on any atom is 0.141 e. The molecule has 88 valence electrons. The molecule has 1 aliphatic heterocycles. The van der Waals surface area contributed by atoms with Crippen LogP contribution in [0.1, 0.15) is 25.3 Å². The Morgan fingerprint density at radius 1 is 1.50 bits per heavy atom. The van der Waals surface area contributed by atoms with Crippen LogP contribution < -0.4 is 5.32 Å². The van der Waals surface area contributed by atoms with E-state index in [2.05, 4.69) is 12.2 Å². The van der Waals surface area contributed by atoms with Crippen molar-refractivity contribution in [2.24, 2.45) is 5.92 Å². The Hall–Kier alpha value is -0.600. The van der Waals surface area contributed by atoms with Crippen LogP contribution in [0, 0.1) is 11.7 Å². The quantitative estimate of drug-likeness (QED) is 0.837. The minimum Gasteiger partial charge on any atom is -0.314 e. The van der Waals surface area contributed by atoms with Gasteiger partial charge < -0.3 is 5.32 Å². The van der Waals surface area contributed by atoms with Gasteiger partial charge in [-0.25, -0.2) is 4.39 Å². The standard InChI is InChI=1S/C13H17ClFN/c1-9-4-5-16-11(6-9)7-10-2-3-13(15)12(14)8-10/h2-3,8-9,11,16H,4-7H2,1H3. The van der Waals surface area contributed by atoms with Crippen LogP contribution in [0.15, 0.2) is 18.2 Å². The molecule has 2 rings (SSSR count). The smallest absolute Gasteiger partial charge is 0.141 e. The summed E-state index contributed by atoms with van der Waals surface area (Å²) in [7, 11) is 0. The normalized spacial score (nSPS) is 25.7. The van der Waals surface area contributed by atoms with Gasteiger partial charge in [-0.1, -0.05) is 24.6 Å². The van der Waals surface area contributed by atoms with Crippen LogP contribution in [0.5, 0.6) is 0 Å². The fourth-order valence-electron chi connectivity index (χ4n) is 2.33. The molecule has 1 fully saturated rings. The highest BCUT2D eigenvalue weighted by atomic mass is 35.5. The molecule has 0 spiro atoms. The summed E-state index contributed by atoms with van der Waals surface area (Å²) in [5, 5.41) is 3.72. The van der Waals surface area contributed by atoms with Crippen molar-refractivity contribution in [2.45, 2.75) is 32.2 Å². The number of benzene rings is 1. The van der Waals surface area contributed by atoms with Gasteiger partial charge in [0.2, 0.25) is 0 Å². The SMILES string of the molecule is CC1CCNC(Cc2ccc(F)c(Cl)c2)C1. The van der Waals surface area contributed by atoms with Crippen molar-refractivity contribution < 1.29 is 4.39 Å². The van der Waals surface area contributed by atoms with Crippen molar-refractivity contribution in [2.75, 3.05) is 6.54 Å². The monoisotopic (exact) mass is 241 g/mol. The van der Waals surface area contributed by atoms with Crippen LogP contribution in [-0.4, -0.2) is 12.6 Å². The molecule has 2 unspecified atom stereocenters. The lowest BCUT2D eigenvalue weighted by atomic mass is 9.90. The number of halogens is 2. The fraction of sp³-hybridized carbons (Fsp3) is 0.538. The number of rotatable bonds is 2. The second-order valence-corrected chi connectivity index (χ2v) is 5.14. The Bertz CT molecular complexity index is 367. The lowest BCUT2D eigenvalue weighted by molar-refractivity contribution is 0.318. The van der Waals surface area contributed by atoms with E-state index in [-0.39, 0.29) is 10.8 Å². The Morgan fingerprint density at radius 2 is 2.31 bits per heavy atom. The second-order valence-electron chi connectivity index (χ2n) is 4.73. The highest BCUT2D eigenvalue weighted by Gasteiger charge is 2.18. The minimum absolute atomic E-state index is 0.223. The number of nitrogens with one attached hydrogen (secondary N) is 1. The topological polar surface area (TPSA) is 12.0 Å². The van der Waals surface area contributed by atoms with Gasteiger partial charge >= 0.3 is 0 Å². The molecule has 0 aromatic heterocycles. The van der Waals surface area contributed by atoms with Crippen LogP contribution >= 0.6 is 11.6 Å². The van der Waals surface area contributed by atoms with E-state index in [9.17, 15) is 4.39 Å². The maximum absolute atomic E-state index is 13.0. The summed E-state index contributed by atoms with van der Waals surface area (Å²) >= 11 is 5.76. The molecule has 1 aromatic rings. The van der Waals surface area contributed by atoms with E-state index in [1.807, 2.05) is 6.07 Å². The Balaban J connectivity index is 2.00. The summed E-state index contributed by atoms with van der Waals surface area (Å²) in [4.78, 5) is 0. The first-order valence-electron chi connectivity index (χ1n) is 5.82. The highest BCUT2D eigenvalue weighted by Crippen LogP contribution is 2.21. The van der Waals surface area contributed by atoms with Crippen molar-refractivity contribution in [1.82, 2.24) is 5.32 Å². The molecular weight excluding hydrogens is 225 g/mol. The molecule has 0 aliphatic carbocycles. The molecule has 2 atom stereocenters. The number of hydrogen-bond acceptors (Lipinski definition) is 1. The van der Waals surface area contributed by atoms with Crippen molar-refractivity contribution >= 4 is 11.6 Å². The first-order valence-corrected chi connectivity index (χ1v) is 6.20. The second kappa shape index (κ2) is 5.15. The molecule has 1 N–H and O–H groups in total. The molecule has 1 saturated heterocycles. The zero-order valence-electron chi connectivity index (χ0n) is 9.47. The molecule has 1 heterocycles. The van der Waals surface area contributed by atoms with Crippen molar-refractivity contribution in [3.8, 4) is 0 Å². The predicted octanol–water partition coefficient (Wildman–Crippen LogP) is 3.41. The van der Waals surface area contributed by atoms with E-state index in [0.717, 1.165) is 24.4 Å². The summed E-state index contributed by atoms with van der Waals surface area (Å²) in [5.74, 6) is 0.442. The third kappa shape index (κ3) is 2.96. The maximum atomic E-state index is 13.0. The van der Waals surface area contributed by atoms with E-state index in [1.165, 1.54) is 18.9 Å². The molecule has 1 aliphatic rings. The Kier molecular flexibility index (Phi) is 3.82. The van der Waals surface area contributed by atoms with Crippen LogP contribution in [0.25, 0.3) is 0 Å². The van der Waals surface area contributed by atoms with Gasteiger partial charge in [-0.05, 0) is 49.4 Å². The summed E-state index contributed by atoms with van der Waals surface area (Å²) in [6.45, 7) is 3.37.